The van der Waals surface area contributed by atoms with Crippen LogP contribution in [0.15, 0.2) is 33.5 Å². The first-order valence-electron chi connectivity index (χ1n) is 3.99. The maximum absolute atomic E-state index is 11.4. The van der Waals surface area contributed by atoms with Crippen LogP contribution in [0, 0.1) is 0 Å². The van der Waals surface area contributed by atoms with Gasteiger partial charge in [0.15, 0.2) is 6.29 Å². The number of rotatable bonds is 1. The number of aromatic amines is 1. The third-order valence-corrected chi connectivity index (χ3v) is 2.87. The molecule has 70 valence electrons. The standard InChI is InChI=1S/C10H6BrNO2/c11-9-6-3-1-2-4-8(6)12-10(14)7(9)5-13/h1-5H,(H,12,14). The molecule has 0 unspecified atom stereocenters. The molecule has 0 atom stereocenters. The Labute approximate surface area is 87.9 Å². The average Bonchev–Trinajstić information content (AvgIpc) is 2.18. The molecule has 0 aliphatic rings. The van der Waals surface area contributed by atoms with Gasteiger partial charge in [0, 0.05) is 15.4 Å². The lowest BCUT2D eigenvalue weighted by Gasteiger charge is -2.01. The predicted octanol–water partition coefficient (Wildman–Crippen LogP) is 2.10. The number of pyridine rings is 1. The van der Waals surface area contributed by atoms with E-state index in [0.29, 0.717) is 10.8 Å². The average molecular weight is 252 g/mol. The van der Waals surface area contributed by atoms with E-state index >= 15 is 0 Å². The molecule has 0 aliphatic heterocycles. The fourth-order valence-corrected chi connectivity index (χ4v) is 1.94. The third kappa shape index (κ3) is 1.28. The first-order chi connectivity index (χ1) is 6.74. The number of aldehydes is 1. The molecule has 0 aliphatic carbocycles. The van der Waals surface area contributed by atoms with Crippen molar-refractivity contribution in [2.75, 3.05) is 0 Å². The van der Waals surface area contributed by atoms with Gasteiger partial charge in [-0.1, -0.05) is 18.2 Å². The normalized spacial score (nSPS) is 10.4. The second kappa shape index (κ2) is 3.38. The molecule has 1 N–H and O–H groups in total. The second-order valence-corrected chi connectivity index (χ2v) is 3.64. The van der Waals surface area contributed by atoms with E-state index in [-0.39, 0.29) is 11.1 Å². The molecular weight excluding hydrogens is 246 g/mol. The van der Waals surface area contributed by atoms with Crippen molar-refractivity contribution in [3.8, 4) is 0 Å². The number of halogens is 1. The zero-order chi connectivity index (χ0) is 10.1. The first-order valence-corrected chi connectivity index (χ1v) is 4.79. The maximum Gasteiger partial charge on any atom is 0.260 e. The molecule has 0 saturated carbocycles. The lowest BCUT2D eigenvalue weighted by atomic mass is 10.2. The van der Waals surface area contributed by atoms with Crippen LogP contribution in [-0.4, -0.2) is 11.3 Å². The fourth-order valence-electron chi connectivity index (χ4n) is 1.32. The van der Waals surface area contributed by atoms with E-state index in [4.69, 9.17) is 0 Å². The van der Waals surface area contributed by atoms with E-state index in [1.165, 1.54) is 0 Å². The van der Waals surface area contributed by atoms with Gasteiger partial charge in [0.25, 0.3) is 5.56 Å². The highest BCUT2D eigenvalue weighted by Gasteiger charge is 2.08. The van der Waals surface area contributed by atoms with E-state index in [0.717, 1.165) is 10.9 Å². The van der Waals surface area contributed by atoms with Crippen molar-refractivity contribution >= 4 is 33.1 Å². The van der Waals surface area contributed by atoms with Crippen molar-refractivity contribution in [2.45, 2.75) is 0 Å². The molecule has 2 rings (SSSR count). The molecule has 1 aromatic carbocycles. The molecule has 3 nitrogen and oxygen atoms in total. The van der Waals surface area contributed by atoms with Gasteiger partial charge in [-0.25, -0.2) is 0 Å². The van der Waals surface area contributed by atoms with Crippen LogP contribution in [0.4, 0.5) is 0 Å². The predicted molar refractivity (Wildman–Crippen MR) is 57.7 cm³/mol. The number of hydrogen-bond acceptors (Lipinski definition) is 2. The molecule has 0 saturated heterocycles. The van der Waals surface area contributed by atoms with Gasteiger partial charge in [-0.05, 0) is 22.0 Å². The second-order valence-electron chi connectivity index (χ2n) is 2.85. The maximum atomic E-state index is 11.4. The summed E-state index contributed by atoms with van der Waals surface area (Å²) in [5.41, 5.74) is 0.476. The van der Waals surface area contributed by atoms with Crippen molar-refractivity contribution in [3.05, 3.63) is 44.7 Å². The highest BCUT2D eigenvalue weighted by molar-refractivity contribution is 9.10. The number of para-hydroxylation sites is 1. The Kier molecular flexibility index (Phi) is 2.21. The first kappa shape index (κ1) is 9.15. The molecule has 14 heavy (non-hydrogen) atoms. The number of aromatic nitrogens is 1. The largest absolute Gasteiger partial charge is 0.321 e. The smallest absolute Gasteiger partial charge is 0.260 e. The summed E-state index contributed by atoms with van der Waals surface area (Å²) in [6, 6.07) is 7.30. The minimum absolute atomic E-state index is 0.128. The summed E-state index contributed by atoms with van der Waals surface area (Å²) in [7, 11) is 0. The van der Waals surface area contributed by atoms with Crippen LogP contribution in [-0.2, 0) is 0 Å². The van der Waals surface area contributed by atoms with E-state index in [9.17, 15) is 9.59 Å². The van der Waals surface area contributed by atoms with Crippen LogP contribution in [0.3, 0.4) is 0 Å². The van der Waals surface area contributed by atoms with Crippen LogP contribution in [0.5, 0.6) is 0 Å². The Bertz CT molecular complexity index is 560. The Morgan fingerprint density at radius 2 is 2.00 bits per heavy atom. The van der Waals surface area contributed by atoms with Gasteiger partial charge >= 0.3 is 0 Å². The molecule has 0 bridgehead atoms. The summed E-state index contributed by atoms with van der Waals surface area (Å²) < 4.78 is 0.548. The monoisotopic (exact) mass is 251 g/mol. The minimum atomic E-state index is -0.370. The van der Waals surface area contributed by atoms with Crippen LogP contribution >= 0.6 is 15.9 Å². The number of carbonyl (C=O) groups is 1. The topological polar surface area (TPSA) is 49.9 Å². The lowest BCUT2D eigenvalue weighted by Crippen LogP contribution is -2.12. The van der Waals surface area contributed by atoms with Crippen LogP contribution < -0.4 is 5.56 Å². The summed E-state index contributed by atoms with van der Waals surface area (Å²) in [6.45, 7) is 0. The van der Waals surface area contributed by atoms with Gasteiger partial charge in [-0.2, -0.15) is 0 Å². The summed E-state index contributed by atoms with van der Waals surface area (Å²) in [4.78, 5) is 24.6. The number of H-pyrrole nitrogens is 1. The third-order valence-electron chi connectivity index (χ3n) is 2.01. The highest BCUT2D eigenvalue weighted by atomic mass is 79.9. The summed E-state index contributed by atoms with van der Waals surface area (Å²) in [5.74, 6) is 0. The number of nitrogens with one attached hydrogen (secondary N) is 1. The van der Waals surface area contributed by atoms with E-state index in [1.54, 1.807) is 6.07 Å². The molecule has 1 heterocycles. The van der Waals surface area contributed by atoms with Gasteiger partial charge in [0.1, 0.15) is 0 Å². The SMILES string of the molecule is O=Cc1c(Br)c2ccccc2[nH]c1=O. The van der Waals surface area contributed by atoms with Crippen molar-refractivity contribution in [3.63, 3.8) is 0 Å². The van der Waals surface area contributed by atoms with Crippen LogP contribution in [0.2, 0.25) is 0 Å². The lowest BCUT2D eigenvalue weighted by molar-refractivity contribution is 0.112. The minimum Gasteiger partial charge on any atom is -0.321 e. The Hall–Kier alpha value is -1.42. The Balaban J connectivity index is 3.00. The van der Waals surface area contributed by atoms with E-state index in [1.807, 2.05) is 18.2 Å². The summed E-state index contributed by atoms with van der Waals surface area (Å²) >= 11 is 3.24. The molecule has 1 aromatic heterocycles. The van der Waals surface area contributed by atoms with Crippen molar-refractivity contribution in [2.24, 2.45) is 0 Å². The van der Waals surface area contributed by atoms with E-state index < -0.39 is 0 Å². The van der Waals surface area contributed by atoms with Gasteiger partial charge < -0.3 is 4.98 Å². The summed E-state index contributed by atoms with van der Waals surface area (Å²) in [5, 5.41) is 0.828. The molecule has 4 heteroatoms. The van der Waals surface area contributed by atoms with Crippen molar-refractivity contribution in [1.82, 2.24) is 4.98 Å². The molecule has 0 fully saturated rings. The Morgan fingerprint density at radius 3 is 2.71 bits per heavy atom. The van der Waals surface area contributed by atoms with E-state index in [2.05, 4.69) is 20.9 Å². The molecule has 2 aromatic rings. The van der Waals surface area contributed by atoms with Gasteiger partial charge in [0.05, 0.1) is 5.56 Å². The fraction of sp³-hybridized carbons (Fsp3) is 0. The highest BCUT2D eigenvalue weighted by Crippen LogP contribution is 2.22. The van der Waals surface area contributed by atoms with Gasteiger partial charge in [-0.3, -0.25) is 9.59 Å². The molecule has 0 radical (unpaired) electrons. The van der Waals surface area contributed by atoms with Crippen molar-refractivity contribution in [1.29, 1.82) is 0 Å². The zero-order valence-corrected chi connectivity index (χ0v) is 8.67. The molecule has 0 amide bonds. The van der Waals surface area contributed by atoms with Gasteiger partial charge in [-0.15, -0.1) is 0 Å². The quantitative estimate of drug-likeness (QED) is 0.790. The van der Waals surface area contributed by atoms with Crippen molar-refractivity contribution < 1.29 is 4.79 Å². The summed E-state index contributed by atoms with van der Waals surface area (Å²) in [6.07, 6.45) is 0.551. The van der Waals surface area contributed by atoms with Gasteiger partial charge in [0.2, 0.25) is 0 Å². The number of carbonyl (C=O) groups excluding carboxylic acids is 1. The number of benzene rings is 1. The number of hydrogen-bond donors (Lipinski definition) is 1. The zero-order valence-electron chi connectivity index (χ0n) is 7.08. The number of fused-ring (bicyclic) bond motifs is 1. The molecular formula is C10H6BrNO2. The van der Waals surface area contributed by atoms with Crippen LogP contribution in [0.25, 0.3) is 10.9 Å². The molecule has 0 spiro atoms. The van der Waals surface area contributed by atoms with Crippen LogP contribution in [0.1, 0.15) is 10.4 Å². The Morgan fingerprint density at radius 1 is 1.29 bits per heavy atom.